The first-order chi connectivity index (χ1) is 45.1. The fraction of sp³-hybridized carbons (Fsp3) is 0.595. The van der Waals surface area contributed by atoms with Gasteiger partial charge in [-0.25, -0.2) is 28.8 Å². The zero-order valence-corrected chi connectivity index (χ0v) is 61.1. The molecule has 0 saturated carbocycles. The van der Waals surface area contributed by atoms with Crippen molar-refractivity contribution in [3.05, 3.63) is 96.1 Å². The summed E-state index contributed by atoms with van der Waals surface area (Å²) in [6.07, 6.45) is 1.87. The molecule has 24 heteroatoms. The van der Waals surface area contributed by atoms with Crippen molar-refractivity contribution >= 4 is 81.2 Å². The van der Waals surface area contributed by atoms with Crippen molar-refractivity contribution in [3.63, 3.8) is 0 Å². The molecule has 0 saturated heterocycles. The summed E-state index contributed by atoms with van der Waals surface area (Å²) in [5.41, 5.74) is 6.92. The van der Waals surface area contributed by atoms with E-state index in [-0.39, 0.29) is 50.5 Å². The molecule has 98 heavy (non-hydrogen) atoms. The highest BCUT2D eigenvalue weighted by molar-refractivity contribution is 5.92. The normalized spacial score (nSPS) is 14.2. The molecular formula is C74H112N8O16. The third-order valence-corrected chi connectivity index (χ3v) is 15.2. The fourth-order valence-corrected chi connectivity index (χ4v) is 10.8. The van der Waals surface area contributed by atoms with E-state index in [0.29, 0.717) is 45.1 Å². The number of fused-ring (bicyclic) bond motifs is 2. The minimum Gasteiger partial charge on any atom is -0.481 e. The molecule has 6 amide bonds. The molecule has 4 aromatic carbocycles. The molecule has 0 unspecified atom stereocenters. The summed E-state index contributed by atoms with van der Waals surface area (Å²) >= 11 is 0. The number of unbranched alkanes of at least 4 members (excludes halogenated alkanes) is 2. The molecule has 544 valence electrons. The first kappa shape index (κ1) is 83.8. The van der Waals surface area contributed by atoms with Gasteiger partial charge in [-0.2, -0.15) is 0 Å². The summed E-state index contributed by atoms with van der Waals surface area (Å²) in [5.74, 6) is -5.74. The van der Waals surface area contributed by atoms with Gasteiger partial charge < -0.3 is 72.1 Å². The lowest BCUT2D eigenvalue weighted by Gasteiger charge is -2.54. The number of hydrogen-bond acceptors (Lipinski definition) is 16. The van der Waals surface area contributed by atoms with E-state index in [1.54, 1.807) is 125 Å². The number of carboxylic acid groups (broad SMARTS) is 2. The number of nitrogens with zero attached hydrogens (tertiary/aromatic N) is 1. The number of carbonyl (C=O) groups excluding carboxylic acids is 8. The van der Waals surface area contributed by atoms with Crippen molar-refractivity contribution in [2.24, 2.45) is 16.9 Å². The van der Waals surface area contributed by atoms with Gasteiger partial charge in [-0.1, -0.05) is 106 Å². The Bertz CT molecular complexity index is 3370. The predicted octanol–water partition coefficient (Wildman–Crippen LogP) is 10.1. The largest absolute Gasteiger partial charge is 0.481 e. The second kappa shape index (κ2) is 36.5. The summed E-state index contributed by atoms with van der Waals surface area (Å²) in [6.45, 7) is 31.0. The molecule has 6 atom stereocenters. The van der Waals surface area contributed by atoms with Crippen LogP contribution in [0.15, 0.2) is 84.9 Å². The van der Waals surface area contributed by atoms with Crippen LogP contribution in [0.4, 0.5) is 9.59 Å². The lowest BCUT2D eigenvalue weighted by atomic mass is 9.68. The van der Waals surface area contributed by atoms with Crippen molar-refractivity contribution in [1.82, 2.24) is 31.5 Å². The number of carboxylic acids is 2. The number of esters is 4. The van der Waals surface area contributed by atoms with Gasteiger partial charge in [0.1, 0.15) is 46.1 Å². The molecule has 0 radical (unpaired) electrons. The van der Waals surface area contributed by atoms with Gasteiger partial charge in [0.05, 0.1) is 12.1 Å². The molecule has 0 aliphatic carbocycles. The van der Waals surface area contributed by atoms with Crippen molar-refractivity contribution in [2.45, 2.75) is 265 Å². The van der Waals surface area contributed by atoms with E-state index in [0.717, 1.165) is 37.6 Å². The average molecular weight is 1370 g/mol. The van der Waals surface area contributed by atoms with Gasteiger partial charge in [-0.05, 0) is 206 Å². The summed E-state index contributed by atoms with van der Waals surface area (Å²) in [7, 11) is 0. The van der Waals surface area contributed by atoms with Gasteiger partial charge in [0.2, 0.25) is 11.8 Å². The molecular weight excluding hydrogens is 1260 g/mol. The van der Waals surface area contributed by atoms with E-state index < -0.39 is 123 Å². The highest BCUT2D eigenvalue weighted by Crippen LogP contribution is 2.44. The van der Waals surface area contributed by atoms with Crippen molar-refractivity contribution in [2.75, 3.05) is 13.1 Å². The minimum atomic E-state index is -1.94. The molecule has 0 aromatic heterocycles. The van der Waals surface area contributed by atoms with Crippen LogP contribution in [0.25, 0.3) is 21.5 Å². The maximum Gasteiger partial charge on any atom is 0.330 e. The second-order valence-corrected chi connectivity index (χ2v) is 30.8. The number of hydrogen-bond donors (Lipinski definition) is 9. The summed E-state index contributed by atoms with van der Waals surface area (Å²) in [5, 5.41) is 38.0. The highest BCUT2D eigenvalue weighted by Gasteiger charge is 2.58. The third-order valence-electron chi connectivity index (χ3n) is 15.2. The van der Waals surface area contributed by atoms with Crippen LogP contribution >= 0.6 is 0 Å². The van der Waals surface area contributed by atoms with E-state index in [4.69, 9.17) is 30.4 Å². The van der Waals surface area contributed by atoms with E-state index in [2.05, 4.69) is 26.6 Å². The van der Waals surface area contributed by atoms with Crippen LogP contribution in [-0.2, 0) is 70.1 Å². The Hall–Kier alpha value is -8.38. The zero-order valence-electron chi connectivity index (χ0n) is 61.1. The molecule has 24 nitrogen and oxygen atoms in total. The Morgan fingerprint density at radius 2 is 0.827 bits per heavy atom. The standard InChI is InChI=1S/2C37H56N4O8/c1-34(2,3)37(32(46)47,20-19-29(42)43)41(35(4,5)6)33(48)40-28(31(45)49-36(7,8)9)16-12-13-21-39-30(44)27(38)23-24-17-18-25-14-10-11-15-26(25)22-24;1-35(2,3)47-30(42)20-19-29(33(45)49-37(7,8)9)41-34(46)40-28(32(44)48-36(4,5)6)16-12-13-21-39-31(43)27(38)23-24-17-18-25-14-10-11-15-26(25)22-24/h10-11,14-15,17-18,22,27-28H,12-13,16,19-21,23,38H2,1-9H3,(H,39,44)(H,40,48)(H,42,43)(H,46,47);10-11,14-15,17-18,22,27-29H,12-13,16,19-21,23,38H2,1-9H3,(H,39,43)(H2,40,41,46)/t27-,28-,37-;27-,28-,29-/m00/s1. The zero-order chi connectivity index (χ0) is 74.4. The smallest absolute Gasteiger partial charge is 0.330 e. The number of aliphatic carboxylic acids is 2. The lowest BCUT2D eigenvalue weighted by molar-refractivity contribution is -0.165. The second-order valence-electron chi connectivity index (χ2n) is 30.8. The number of benzene rings is 4. The number of ether oxygens (including phenoxy) is 4. The molecule has 0 aliphatic heterocycles. The summed E-state index contributed by atoms with van der Waals surface area (Å²) in [6, 6.07) is 21.4. The van der Waals surface area contributed by atoms with Gasteiger partial charge in [-0.3, -0.25) is 19.2 Å². The average Bonchev–Trinajstić information content (AvgIpc) is 0.737. The maximum atomic E-state index is 14.1. The van der Waals surface area contributed by atoms with E-state index >= 15 is 0 Å². The molecule has 0 heterocycles. The van der Waals surface area contributed by atoms with Crippen LogP contribution in [0.1, 0.15) is 200 Å². The van der Waals surface area contributed by atoms with E-state index in [1.165, 1.54) is 0 Å². The Labute approximate surface area is 578 Å². The molecule has 11 N–H and O–H groups in total. The van der Waals surface area contributed by atoms with Crippen molar-refractivity contribution < 1.29 is 77.1 Å². The van der Waals surface area contributed by atoms with Gasteiger partial charge in [0.15, 0.2) is 0 Å². The number of nitrogens with two attached hydrogens (primary N) is 2. The molecule has 0 bridgehead atoms. The first-order valence-corrected chi connectivity index (χ1v) is 33.7. The van der Waals surface area contributed by atoms with Crippen LogP contribution in [-0.4, -0.2) is 152 Å². The molecule has 4 aromatic rings. The topological polar surface area (TPSA) is 364 Å². The number of urea groups is 2. The Morgan fingerprint density at radius 3 is 1.17 bits per heavy atom. The molecule has 4 rings (SSSR count). The van der Waals surface area contributed by atoms with Crippen molar-refractivity contribution in [1.29, 1.82) is 0 Å². The highest BCUT2D eigenvalue weighted by atomic mass is 16.6. The van der Waals surface area contributed by atoms with Gasteiger partial charge in [0, 0.05) is 31.5 Å². The number of rotatable bonds is 30. The SMILES string of the molecule is CC(C)(C)OC(=O)CC[C@H](NC(=O)N[C@@H](CCCCNC(=O)[C@@H](N)Cc1ccc2ccccc2c1)C(=O)OC(C)(C)C)C(=O)OC(C)(C)C.CC(C)(C)OC(=O)[C@H](CCCCNC(=O)[C@@H](N)Cc1ccc2ccccc2c1)NC(=O)N(C(C)(C)C)[C@@](CCC(=O)O)(C(=O)O)C(C)(C)C. The summed E-state index contributed by atoms with van der Waals surface area (Å²) < 4.78 is 21.9. The Kier molecular flexibility index (Phi) is 31.2. The maximum absolute atomic E-state index is 14.1. The van der Waals surface area contributed by atoms with Crippen LogP contribution < -0.4 is 38.1 Å². The van der Waals surface area contributed by atoms with Crippen molar-refractivity contribution in [3.8, 4) is 0 Å². The van der Waals surface area contributed by atoms with Crippen LogP contribution in [0.3, 0.4) is 0 Å². The monoisotopic (exact) mass is 1370 g/mol. The Morgan fingerprint density at radius 1 is 0.459 bits per heavy atom. The van der Waals surface area contributed by atoms with Crippen LogP contribution in [0.5, 0.6) is 0 Å². The minimum absolute atomic E-state index is 0.0724. The molecule has 0 spiro atoms. The van der Waals surface area contributed by atoms with Gasteiger partial charge >= 0.3 is 47.9 Å². The molecule has 0 fully saturated rings. The lowest BCUT2D eigenvalue weighted by Crippen LogP contribution is -2.71. The quantitative estimate of drug-likeness (QED) is 0.0133. The third kappa shape index (κ3) is 29.4. The van der Waals surface area contributed by atoms with Gasteiger partial charge in [0.25, 0.3) is 0 Å². The molecule has 0 aliphatic rings. The Balaban J connectivity index is 0.000000510. The van der Waals surface area contributed by atoms with E-state index in [9.17, 15) is 58.2 Å². The first-order valence-electron chi connectivity index (χ1n) is 33.7. The number of carbonyl (C=O) groups is 10. The number of nitrogens with one attached hydrogen (secondary N) is 5. The van der Waals surface area contributed by atoms with E-state index in [1.807, 2.05) is 84.9 Å². The van der Waals surface area contributed by atoms with Crippen LogP contribution in [0.2, 0.25) is 0 Å². The summed E-state index contributed by atoms with van der Waals surface area (Å²) in [4.78, 5) is 130. The predicted molar refractivity (Wildman–Crippen MR) is 377 cm³/mol. The fourth-order valence-electron chi connectivity index (χ4n) is 10.8. The number of amides is 6. The van der Waals surface area contributed by atoms with Crippen LogP contribution in [0, 0.1) is 5.41 Å². The van der Waals surface area contributed by atoms with Gasteiger partial charge in [-0.15, -0.1) is 0 Å².